The summed E-state index contributed by atoms with van der Waals surface area (Å²) in [5, 5.41) is 4.28. The average Bonchev–Trinajstić information content (AvgIpc) is 3.72. The minimum atomic E-state index is -0.490. The zero-order chi connectivity index (χ0) is 33.1. The van der Waals surface area contributed by atoms with Crippen LogP contribution in [0.5, 0.6) is 0 Å². The van der Waals surface area contributed by atoms with E-state index in [1.807, 2.05) is 0 Å². The van der Waals surface area contributed by atoms with E-state index in [1.54, 1.807) is 99.3 Å². The van der Waals surface area contributed by atoms with Crippen LogP contribution in [0.2, 0.25) is 0 Å². The summed E-state index contributed by atoms with van der Waals surface area (Å²) in [7, 11) is -0.597. The predicted molar refractivity (Wildman–Crippen MR) is 208 cm³/mol. The normalized spacial score (nSPS) is 36.0. The molecule has 0 saturated heterocycles. The quantitative estimate of drug-likeness (QED) is 0.222. The Labute approximate surface area is 294 Å². The molecule has 2 aromatic heterocycles. The van der Waals surface area contributed by atoms with E-state index in [4.69, 9.17) is 0 Å². The third-order valence-electron chi connectivity index (χ3n) is 14.6. The molecule has 8 saturated carbocycles. The van der Waals surface area contributed by atoms with Crippen molar-refractivity contribution in [2.24, 2.45) is 35.5 Å². The lowest BCUT2D eigenvalue weighted by Crippen LogP contribution is -2.56. The average molecular weight is 681 g/mol. The monoisotopic (exact) mass is 680 g/mol. The van der Waals surface area contributed by atoms with Gasteiger partial charge in [0.05, 0.1) is 0 Å². The van der Waals surface area contributed by atoms with Gasteiger partial charge in [0.1, 0.15) is 0 Å². The van der Waals surface area contributed by atoms with Crippen molar-refractivity contribution < 1.29 is 0 Å². The fraction of sp³-hybridized carbons (Fsp3) is 0.682. The highest BCUT2D eigenvalue weighted by atomic mass is 31.1. The molecular weight excluding hydrogens is 618 g/mol. The standard InChI is InChI=1S/C44H62N2P2/c1-41(2,3)39-17-35(27-47(37-7-9-45-25-37)38-8-10-46-26-38)36(18-40(39)42(4,5)6)28-48(43-19-29-11-30(20-43)13-31(12-29)21-43)44-22-32-14-33(23-44)16-34(15-32)24-44/h7-10,17-18,25-26,29-34,45-46H,11-16,19-24,27-28H2,1-6H3. The molecule has 2 heterocycles. The van der Waals surface area contributed by atoms with Crippen molar-refractivity contribution in [1.82, 2.24) is 9.97 Å². The van der Waals surface area contributed by atoms with Crippen LogP contribution in [0.15, 0.2) is 49.1 Å². The van der Waals surface area contributed by atoms with E-state index in [2.05, 4.69) is 101 Å². The highest BCUT2D eigenvalue weighted by molar-refractivity contribution is 7.72. The number of hydrogen-bond acceptors (Lipinski definition) is 0. The molecule has 0 atom stereocenters. The Hall–Kier alpha value is -1.36. The molecule has 0 radical (unpaired) electrons. The van der Waals surface area contributed by atoms with Gasteiger partial charge in [0.25, 0.3) is 0 Å². The van der Waals surface area contributed by atoms with Crippen molar-refractivity contribution in [3.05, 3.63) is 71.3 Å². The van der Waals surface area contributed by atoms with Crippen molar-refractivity contribution >= 4 is 26.5 Å². The van der Waals surface area contributed by atoms with Crippen LogP contribution in [0.1, 0.15) is 141 Å². The van der Waals surface area contributed by atoms with Crippen LogP contribution in [-0.2, 0) is 23.2 Å². The number of hydrogen-bond donors (Lipinski definition) is 2. The summed E-state index contributed by atoms with van der Waals surface area (Å²) in [4.78, 5) is 6.85. The second kappa shape index (κ2) is 11.6. The van der Waals surface area contributed by atoms with Gasteiger partial charge in [0, 0.05) is 30.9 Å². The number of benzene rings is 1. The topological polar surface area (TPSA) is 31.6 Å². The Morgan fingerprint density at radius 2 is 0.917 bits per heavy atom. The number of H-pyrrole nitrogens is 2. The van der Waals surface area contributed by atoms with Crippen LogP contribution in [0.3, 0.4) is 0 Å². The molecule has 8 aliphatic rings. The summed E-state index contributed by atoms with van der Waals surface area (Å²) in [6, 6.07) is 10.3. The van der Waals surface area contributed by atoms with Crippen molar-refractivity contribution in [2.45, 2.75) is 152 Å². The van der Waals surface area contributed by atoms with Crippen molar-refractivity contribution in [3.63, 3.8) is 0 Å². The summed E-state index contributed by atoms with van der Waals surface area (Å²) >= 11 is 0. The van der Waals surface area contributed by atoms with E-state index in [-0.39, 0.29) is 18.8 Å². The summed E-state index contributed by atoms with van der Waals surface area (Å²) < 4.78 is 0. The molecule has 2 N–H and O–H groups in total. The Morgan fingerprint density at radius 1 is 0.562 bits per heavy atom. The summed E-state index contributed by atoms with van der Waals surface area (Å²) in [6.07, 6.45) is 30.4. The Bertz CT molecular complexity index is 1470. The maximum Gasteiger partial charge on any atom is 0.00860 e. The molecule has 0 unspecified atom stereocenters. The van der Waals surface area contributed by atoms with Crippen molar-refractivity contribution in [3.8, 4) is 0 Å². The first-order chi connectivity index (χ1) is 22.9. The van der Waals surface area contributed by atoms with Gasteiger partial charge in [-0.2, -0.15) is 0 Å². The van der Waals surface area contributed by atoms with Gasteiger partial charge < -0.3 is 9.97 Å². The van der Waals surface area contributed by atoms with Gasteiger partial charge in [0.15, 0.2) is 0 Å². The zero-order valence-electron chi connectivity index (χ0n) is 30.9. The van der Waals surface area contributed by atoms with E-state index in [0.717, 1.165) is 41.7 Å². The molecule has 0 spiro atoms. The molecule has 8 aliphatic carbocycles. The smallest absolute Gasteiger partial charge is 0.00860 e. The van der Waals surface area contributed by atoms with Crippen LogP contribution in [0.4, 0.5) is 0 Å². The van der Waals surface area contributed by atoms with E-state index >= 15 is 0 Å². The predicted octanol–water partition coefficient (Wildman–Crippen LogP) is 11.5. The summed E-state index contributed by atoms with van der Waals surface area (Å²) in [5.74, 6) is 6.24. The van der Waals surface area contributed by atoms with Gasteiger partial charge in [0.2, 0.25) is 0 Å². The van der Waals surface area contributed by atoms with E-state index in [0.29, 0.717) is 10.3 Å². The first-order valence-corrected chi connectivity index (χ1v) is 22.9. The van der Waals surface area contributed by atoms with Crippen LogP contribution in [0, 0.1) is 35.5 Å². The van der Waals surface area contributed by atoms with Crippen LogP contribution in [0.25, 0.3) is 0 Å². The molecule has 4 heteroatoms. The van der Waals surface area contributed by atoms with E-state index in [1.165, 1.54) is 16.8 Å². The molecule has 11 rings (SSSR count). The van der Waals surface area contributed by atoms with Crippen molar-refractivity contribution in [1.29, 1.82) is 0 Å². The second-order valence-electron chi connectivity index (χ2n) is 20.3. The molecule has 0 aliphatic heterocycles. The largest absolute Gasteiger partial charge is 0.367 e. The van der Waals surface area contributed by atoms with Crippen molar-refractivity contribution in [2.75, 3.05) is 0 Å². The number of nitrogens with one attached hydrogen (secondary N) is 2. The summed E-state index contributed by atoms with van der Waals surface area (Å²) in [6.45, 7) is 14.8. The lowest BCUT2D eigenvalue weighted by Gasteiger charge is -2.67. The number of rotatable bonds is 8. The number of aromatic amines is 2. The molecule has 1 aromatic carbocycles. The van der Waals surface area contributed by atoms with Crippen LogP contribution < -0.4 is 10.6 Å². The molecular formula is C44H62N2P2. The zero-order valence-corrected chi connectivity index (χ0v) is 32.7. The van der Waals surface area contributed by atoms with E-state index in [9.17, 15) is 0 Å². The minimum absolute atomic E-state index is 0.107. The fourth-order valence-electron chi connectivity index (χ4n) is 13.5. The first-order valence-electron chi connectivity index (χ1n) is 19.8. The lowest BCUT2D eigenvalue weighted by molar-refractivity contribution is 0.0184. The second-order valence-corrected chi connectivity index (χ2v) is 25.5. The van der Waals surface area contributed by atoms with Gasteiger partial charge >= 0.3 is 0 Å². The van der Waals surface area contributed by atoms with Gasteiger partial charge in [-0.05, 0) is 193 Å². The van der Waals surface area contributed by atoms with Gasteiger partial charge in [-0.3, -0.25) is 0 Å². The maximum atomic E-state index is 3.43. The van der Waals surface area contributed by atoms with Gasteiger partial charge in [-0.1, -0.05) is 61.6 Å². The maximum absolute atomic E-state index is 3.43. The highest BCUT2D eigenvalue weighted by Gasteiger charge is 2.62. The molecule has 48 heavy (non-hydrogen) atoms. The molecule has 258 valence electrons. The van der Waals surface area contributed by atoms with Gasteiger partial charge in [-0.25, -0.2) is 0 Å². The van der Waals surface area contributed by atoms with Gasteiger partial charge in [-0.15, -0.1) is 0 Å². The highest BCUT2D eigenvalue weighted by Crippen LogP contribution is 2.79. The molecule has 2 nitrogen and oxygen atoms in total. The summed E-state index contributed by atoms with van der Waals surface area (Å²) in [5.41, 5.74) is 6.90. The van der Waals surface area contributed by atoms with Crippen LogP contribution >= 0.6 is 15.8 Å². The fourth-order valence-corrected chi connectivity index (χ4v) is 20.9. The Morgan fingerprint density at radius 3 is 1.23 bits per heavy atom. The van der Waals surface area contributed by atoms with E-state index < -0.39 is 7.92 Å². The third kappa shape index (κ3) is 5.65. The van der Waals surface area contributed by atoms with Crippen LogP contribution in [-0.4, -0.2) is 20.3 Å². The lowest BCUT2D eigenvalue weighted by atomic mass is 9.55. The number of aromatic nitrogens is 2. The molecule has 0 amide bonds. The third-order valence-corrected chi connectivity index (χ3v) is 21.1. The molecule has 8 bridgehead atoms. The minimum Gasteiger partial charge on any atom is -0.367 e. The Balaban J connectivity index is 1.20. The molecule has 8 fully saturated rings. The Kier molecular flexibility index (Phi) is 7.85. The first kappa shape index (κ1) is 32.5. The molecule has 3 aromatic rings. The SMILES string of the molecule is CC(C)(C)c1cc(CP(c2cc[nH]c2)c2cc[nH]c2)c(CP(C23CC4CC(CC(C4)C2)C3)C23CC4CC(CC(C4)C2)C3)cc1C(C)(C)C.